The van der Waals surface area contributed by atoms with Crippen LogP contribution in [0.1, 0.15) is 95.5 Å². The average molecular weight is 397 g/mol. The van der Waals surface area contributed by atoms with Crippen LogP contribution in [0.5, 0.6) is 0 Å². The minimum absolute atomic E-state index is 0.770. The van der Waals surface area contributed by atoms with Crippen LogP contribution in [-0.2, 0) is 0 Å². The summed E-state index contributed by atoms with van der Waals surface area (Å²) in [7, 11) is 0. The Bertz CT molecular complexity index is 764. The molecule has 2 aromatic rings. The van der Waals surface area contributed by atoms with Gasteiger partial charge in [-0.3, -0.25) is 0 Å². The highest BCUT2D eigenvalue weighted by Gasteiger charge is 2.35. The first-order valence-corrected chi connectivity index (χ1v) is 12.3. The summed E-state index contributed by atoms with van der Waals surface area (Å²) in [6.45, 7) is 2.31. The molecule has 0 aliphatic heterocycles. The lowest BCUT2D eigenvalue weighted by Crippen LogP contribution is -2.30. The van der Waals surface area contributed by atoms with Crippen LogP contribution in [0.2, 0.25) is 5.02 Å². The standard InChI is InChI=1S/C27H37Cl/c1-2-3-4-5-6-7-20-8-9-22-17-23(11-10-21(22)16-20)24-12-13-26-19-27(28)15-14-25(26)18-24/h12-15,18-23H,2-11,16-17H2,1H3. The van der Waals surface area contributed by atoms with E-state index in [1.807, 2.05) is 6.07 Å². The highest BCUT2D eigenvalue weighted by molar-refractivity contribution is 6.31. The van der Waals surface area contributed by atoms with Crippen molar-refractivity contribution in [3.05, 3.63) is 47.0 Å². The molecule has 2 fully saturated rings. The molecule has 0 nitrogen and oxygen atoms in total. The van der Waals surface area contributed by atoms with E-state index in [1.165, 1.54) is 87.8 Å². The van der Waals surface area contributed by atoms with Crippen LogP contribution in [0.25, 0.3) is 10.8 Å². The van der Waals surface area contributed by atoms with E-state index in [9.17, 15) is 0 Å². The van der Waals surface area contributed by atoms with Crippen molar-refractivity contribution in [3.8, 4) is 0 Å². The fourth-order valence-corrected chi connectivity index (χ4v) is 6.26. The van der Waals surface area contributed by atoms with E-state index in [0.717, 1.165) is 28.7 Å². The Balaban J connectivity index is 1.31. The molecule has 0 amide bonds. The van der Waals surface area contributed by atoms with Gasteiger partial charge in [0.05, 0.1) is 0 Å². The number of hydrogen-bond donors (Lipinski definition) is 0. The molecule has 1 heteroatoms. The molecule has 28 heavy (non-hydrogen) atoms. The van der Waals surface area contributed by atoms with Crippen molar-refractivity contribution in [3.63, 3.8) is 0 Å². The third-order valence-corrected chi connectivity index (χ3v) is 7.97. The summed E-state index contributed by atoms with van der Waals surface area (Å²) in [5.41, 5.74) is 1.56. The van der Waals surface area contributed by atoms with Gasteiger partial charge in [-0.05, 0) is 84.2 Å². The van der Waals surface area contributed by atoms with Gasteiger partial charge in [-0.2, -0.15) is 0 Å². The van der Waals surface area contributed by atoms with Gasteiger partial charge < -0.3 is 0 Å². The first-order valence-electron chi connectivity index (χ1n) is 11.9. The minimum atomic E-state index is 0.770. The Labute approximate surface area is 177 Å². The Morgan fingerprint density at radius 1 is 0.786 bits per heavy atom. The zero-order valence-electron chi connectivity index (χ0n) is 17.6. The quantitative estimate of drug-likeness (QED) is 0.409. The van der Waals surface area contributed by atoms with Gasteiger partial charge in [-0.15, -0.1) is 0 Å². The molecule has 0 radical (unpaired) electrons. The van der Waals surface area contributed by atoms with E-state index >= 15 is 0 Å². The molecule has 4 rings (SSSR count). The van der Waals surface area contributed by atoms with Gasteiger partial charge in [0.1, 0.15) is 0 Å². The summed E-state index contributed by atoms with van der Waals surface area (Å²) >= 11 is 6.15. The van der Waals surface area contributed by atoms with Gasteiger partial charge >= 0.3 is 0 Å². The maximum Gasteiger partial charge on any atom is 0.0412 e. The van der Waals surface area contributed by atoms with E-state index in [4.69, 9.17) is 11.6 Å². The number of benzene rings is 2. The van der Waals surface area contributed by atoms with Gasteiger partial charge in [0.15, 0.2) is 0 Å². The SMILES string of the molecule is CCCCCCCC1CCC2CC(c3ccc4cc(Cl)ccc4c3)CCC2C1. The van der Waals surface area contributed by atoms with Crippen molar-refractivity contribution in [2.45, 2.75) is 89.9 Å². The molecule has 152 valence electrons. The molecule has 4 atom stereocenters. The third kappa shape index (κ3) is 4.93. The highest BCUT2D eigenvalue weighted by Crippen LogP contribution is 2.48. The molecule has 0 bridgehead atoms. The maximum atomic E-state index is 6.15. The van der Waals surface area contributed by atoms with Crippen molar-refractivity contribution in [2.75, 3.05) is 0 Å². The molecule has 0 spiro atoms. The van der Waals surface area contributed by atoms with Crippen molar-refractivity contribution in [2.24, 2.45) is 17.8 Å². The highest BCUT2D eigenvalue weighted by atomic mass is 35.5. The van der Waals surface area contributed by atoms with Crippen LogP contribution in [-0.4, -0.2) is 0 Å². The van der Waals surface area contributed by atoms with Crippen molar-refractivity contribution in [1.82, 2.24) is 0 Å². The second kappa shape index (κ2) is 9.66. The third-order valence-electron chi connectivity index (χ3n) is 7.74. The lowest BCUT2D eigenvalue weighted by atomic mass is 9.63. The van der Waals surface area contributed by atoms with Gasteiger partial charge in [0.2, 0.25) is 0 Å². The molecular formula is C27H37Cl. The van der Waals surface area contributed by atoms with E-state index in [0.29, 0.717) is 0 Å². The van der Waals surface area contributed by atoms with E-state index in [-0.39, 0.29) is 0 Å². The summed E-state index contributed by atoms with van der Waals surface area (Å²) in [5, 5.41) is 3.45. The number of unbranched alkanes of at least 4 members (excludes halogenated alkanes) is 4. The molecular weight excluding hydrogens is 360 g/mol. The normalized spacial score (nSPS) is 27.6. The number of rotatable bonds is 7. The summed E-state index contributed by atoms with van der Waals surface area (Å²) in [6.07, 6.45) is 17.5. The number of fused-ring (bicyclic) bond motifs is 2. The van der Waals surface area contributed by atoms with E-state index in [1.54, 1.807) is 5.56 Å². The molecule has 0 aromatic heterocycles. The van der Waals surface area contributed by atoms with Gasteiger partial charge in [-0.25, -0.2) is 0 Å². The molecule has 0 saturated heterocycles. The van der Waals surface area contributed by atoms with E-state index in [2.05, 4.69) is 37.3 Å². The lowest BCUT2D eigenvalue weighted by Gasteiger charge is -2.42. The molecule has 4 unspecified atom stereocenters. The number of hydrogen-bond acceptors (Lipinski definition) is 0. The summed E-state index contributed by atoms with van der Waals surface area (Å²) < 4.78 is 0. The van der Waals surface area contributed by atoms with Crippen LogP contribution in [0.15, 0.2) is 36.4 Å². The molecule has 2 aromatic carbocycles. The molecule has 2 aliphatic carbocycles. The second-order valence-electron chi connectivity index (χ2n) is 9.66. The maximum absolute atomic E-state index is 6.15. The molecule has 2 saturated carbocycles. The largest absolute Gasteiger partial charge is 0.0843 e. The Morgan fingerprint density at radius 2 is 1.54 bits per heavy atom. The lowest BCUT2D eigenvalue weighted by molar-refractivity contribution is 0.113. The average Bonchev–Trinajstić information content (AvgIpc) is 2.73. The summed E-state index contributed by atoms with van der Waals surface area (Å²) in [6, 6.07) is 13.4. The van der Waals surface area contributed by atoms with Crippen molar-refractivity contribution < 1.29 is 0 Å². The van der Waals surface area contributed by atoms with Crippen LogP contribution < -0.4 is 0 Å². The van der Waals surface area contributed by atoms with Crippen LogP contribution in [0.3, 0.4) is 0 Å². The Hall–Kier alpha value is -1.01. The first kappa shape index (κ1) is 20.3. The summed E-state index contributed by atoms with van der Waals surface area (Å²) in [4.78, 5) is 0. The second-order valence-corrected chi connectivity index (χ2v) is 10.1. The van der Waals surface area contributed by atoms with Crippen LogP contribution in [0, 0.1) is 17.8 Å². The minimum Gasteiger partial charge on any atom is -0.0843 e. The van der Waals surface area contributed by atoms with E-state index < -0.39 is 0 Å². The Kier molecular flexibility index (Phi) is 6.99. The topological polar surface area (TPSA) is 0 Å². The van der Waals surface area contributed by atoms with Gasteiger partial charge in [-0.1, -0.05) is 87.7 Å². The smallest absolute Gasteiger partial charge is 0.0412 e. The first-order chi connectivity index (χ1) is 13.7. The zero-order chi connectivity index (χ0) is 19.3. The monoisotopic (exact) mass is 396 g/mol. The van der Waals surface area contributed by atoms with Crippen LogP contribution >= 0.6 is 11.6 Å². The Morgan fingerprint density at radius 3 is 2.43 bits per heavy atom. The van der Waals surface area contributed by atoms with Gasteiger partial charge in [0.25, 0.3) is 0 Å². The predicted molar refractivity (Wildman–Crippen MR) is 123 cm³/mol. The molecule has 0 N–H and O–H groups in total. The van der Waals surface area contributed by atoms with Crippen molar-refractivity contribution >= 4 is 22.4 Å². The predicted octanol–water partition coefficient (Wildman–Crippen LogP) is 9.15. The van der Waals surface area contributed by atoms with Gasteiger partial charge in [0, 0.05) is 5.02 Å². The zero-order valence-corrected chi connectivity index (χ0v) is 18.4. The van der Waals surface area contributed by atoms with Crippen molar-refractivity contribution in [1.29, 1.82) is 0 Å². The fraction of sp³-hybridized carbons (Fsp3) is 0.630. The van der Waals surface area contributed by atoms with Crippen LogP contribution in [0.4, 0.5) is 0 Å². The molecule has 0 heterocycles. The molecule has 2 aliphatic rings. The summed E-state index contributed by atoms with van der Waals surface area (Å²) in [5.74, 6) is 3.80. The number of halogens is 1. The fourth-order valence-electron chi connectivity index (χ4n) is 6.08.